The topological polar surface area (TPSA) is 88.1 Å². The highest BCUT2D eigenvalue weighted by atomic mass is 16.3. The molecular weight excluding hydrogens is 514 g/mol. The zero-order valence-corrected chi connectivity index (χ0v) is 26.4. The molecule has 8 heteroatoms. The average molecular weight is 572 g/mol. The molecule has 0 aliphatic carbocycles. The Morgan fingerprint density at radius 2 is 1.51 bits per heavy atom. The van der Waals surface area contributed by atoms with E-state index in [0.29, 0.717) is 24.3 Å². The van der Waals surface area contributed by atoms with Gasteiger partial charge in [0.2, 0.25) is 5.91 Å². The monoisotopic (exact) mass is 571 g/mol. The number of nitrogens with zero attached hydrogens (tertiary/aromatic N) is 3. The minimum atomic E-state index is -0.465. The van der Waals surface area contributed by atoms with E-state index in [1.165, 1.54) is 18.5 Å². The number of likely N-dealkylation sites (tertiary alicyclic amines) is 2. The van der Waals surface area contributed by atoms with Crippen LogP contribution in [0.4, 0.5) is 16.2 Å². The van der Waals surface area contributed by atoms with E-state index >= 15 is 0 Å². The Morgan fingerprint density at radius 3 is 2.07 bits per heavy atom. The predicted octanol–water partition coefficient (Wildman–Crippen LogP) is 5.71. The number of carbonyl (C=O) groups is 2. The molecular formula is C33H57N5O3. The molecule has 1 aromatic carbocycles. The van der Waals surface area contributed by atoms with Crippen LogP contribution in [0.3, 0.4) is 0 Å². The van der Waals surface area contributed by atoms with Gasteiger partial charge in [-0.2, -0.15) is 0 Å². The van der Waals surface area contributed by atoms with Gasteiger partial charge in [-0.05, 0) is 88.0 Å². The molecule has 2 fully saturated rings. The summed E-state index contributed by atoms with van der Waals surface area (Å²) in [5.41, 5.74) is 2.29. The van der Waals surface area contributed by atoms with Crippen LogP contribution in [0.2, 0.25) is 0 Å². The van der Waals surface area contributed by atoms with Crippen molar-refractivity contribution in [1.82, 2.24) is 15.1 Å². The van der Waals surface area contributed by atoms with Crippen molar-refractivity contribution in [2.75, 3.05) is 49.5 Å². The maximum absolute atomic E-state index is 13.7. The van der Waals surface area contributed by atoms with Crippen LogP contribution < -0.4 is 15.5 Å². The summed E-state index contributed by atoms with van der Waals surface area (Å²) >= 11 is 0. The summed E-state index contributed by atoms with van der Waals surface area (Å²) < 4.78 is 0. The minimum Gasteiger partial charge on any atom is -0.393 e. The number of carbonyl (C=O) groups excluding carboxylic acids is 2. The first kappa shape index (κ1) is 33.0. The molecule has 3 rings (SSSR count). The maximum Gasteiger partial charge on any atom is 0.318 e. The van der Waals surface area contributed by atoms with E-state index in [2.05, 4.69) is 67.5 Å². The van der Waals surface area contributed by atoms with Crippen LogP contribution in [-0.4, -0.2) is 84.3 Å². The van der Waals surface area contributed by atoms with Gasteiger partial charge in [0.15, 0.2) is 0 Å². The third-order valence-corrected chi connectivity index (χ3v) is 8.45. The zero-order valence-electron chi connectivity index (χ0n) is 26.4. The van der Waals surface area contributed by atoms with Crippen LogP contribution in [0, 0.1) is 11.8 Å². The van der Waals surface area contributed by atoms with Crippen molar-refractivity contribution in [3.8, 4) is 0 Å². The fraction of sp³-hybridized carbons (Fsp3) is 0.758. The van der Waals surface area contributed by atoms with Gasteiger partial charge in [0, 0.05) is 56.7 Å². The summed E-state index contributed by atoms with van der Waals surface area (Å²) in [5, 5.41) is 16.0. The molecule has 2 heterocycles. The Labute approximate surface area is 249 Å². The van der Waals surface area contributed by atoms with Gasteiger partial charge in [-0.1, -0.05) is 40.5 Å². The van der Waals surface area contributed by atoms with Crippen molar-refractivity contribution in [3.05, 3.63) is 24.3 Å². The molecule has 41 heavy (non-hydrogen) atoms. The number of amides is 3. The van der Waals surface area contributed by atoms with Crippen molar-refractivity contribution in [2.24, 2.45) is 11.8 Å². The SMILES string of the molecule is CC(C)CCN(c1ccc(NCCC(C)O)cc1)C1CCN(C(=O)[C@H](CC(C)C)NC(=O)N2CCCCCC2)CC1. The molecule has 0 aromatic heterocycles. The molecule has 1 unspecified atom stereocenters. The number of urea groups is 1. The Balaban J connectivity index is 1.62. The Morgan fingerprint density at radius 1 is 0.878 bits per heavy atom. The quantitative estimate of drug-likeness (QED) is 0.282. The third kappa shape index (κ3) is 11.0. The van der Waals surface area contributed by atoms with Crippen molar-refractivity contribution in [3.63, 3.8) is 0 Å². The smallest absolute Gasteiger partial charge is 0.318 e. The molecule has 3 amide bonds. The van der Waals surface area contributed by atoms with E-state index in [0.717, 1.165) is 83.5 Å². The summed E-state index contributed by atoms with van der Waals surface area (Å²) in [4.78, 5) is 33.2. The van der Waals surface area contributed by atoms with Crippen molar-refractivity contribution in [1.29, 1.82) is 0 Å². The number of anilines is 2. The van der Waals surface area contributed by atoms with Crippen LogP contribution in [-0.2, 0) is 4.79 Å². The molecule has 8 nitrogen and oxygen atoms in total. The number of nitrogens with one attached hydrogen (secondary N) is 2. The highest BCUT2D eigenvalue weighted by Gasteiger charge is 2.32. The van der Waals surface area contributed by atoms with Gasteiger partial charge < -0.3 is 30.4 Å². The number of benzene rings is 1. The van der Waals surface area contributed by atoms with Gasteiger partial charge in [0.25, 0.3) is 0 Å². The van der Waals surface area contributed by atoms with Gasteiger partial charge in [0.05, 0.1) is 6.10 Å². The summed E-state index contributed by atoms with van der Waals surface area (Å²) in [7, 11) is 0. The van der Waals surface area contributed by atoms with E-state index in [1.54, 1.807) is 0 Å². The molecule has 0 saturated carbocycles. The second kappa shape index (κ2) is 16.8. The highest BCUT2D eigenvalue weighted by molar-refractivity contribution is 5.87. The number of hydrogen-bond acceptors (Lipinski definition) is 5. The Hall–Kier alpha value is -2.48. The van der Waals surface area contributed by atoms with E-state index in [-0.39, 0.29) is 18.0 Å². The minimum absolute atomic E-state index is 0.0710. The van der Waals surface area contributed by atoms with Crippen molar-refractivity contribution < 1.29 is 14.7 Å². The van der Waals surface area contributed by atoms with Gasteiger partial charge in [-0.25, -0.2) is 4.79 Å². The molecule has 0 radical (unpaired) electrons. The summed E-state index contributed by atoms with van der Waals surface area (Å²) in [6, 6.07) is 8.47. The number of hydrogen-bond donors (Lipinski definition) is 3. The van der Waals surface area contributed by atoms with E-state index in [1.807, 2.05) is 16.7 Å². The van der Waals surface area contributed by atoms with Gasteiger partial charge in [0.1, 0.15) is 6.04 Å². The van der Waals surface area contributed by atoms with E-state index < -0.39 is 6.04 Å². The lowest BCUT2D eigenvalue weighted by Crippen LogP contribution is -2.55. The van der Waals surface area contributed by atoms with E-state index in [9.17, 15) is 14.7 Å². The molecule has 1 aromatic rings. The zero-order chi connectivity index (χ0) is 29.8. The first-order valence-electron chi connectivity index (χ1n) is 16.3. The number of aliphatic hydroxyl groups is 1. The standard InChI is InChI=1S/C33H57N5O3/c1-25(2)15-23-38(29-12-10-28(11-13-29)34-18-14-27(5)39)30-16-21-36(22-17-30)32(40)31(24-26(3)4)35-33(41)37-19-8-6-7-9-20-37/h10-13,25-27,30-31,34,39H,6-9,14-24H2,1-5H3,(H,35,41)/t27?,31-/m0/s1. The largest absolute Gasteiger partial charge is 0.393 e. The first-order chi connectivity index (χ1) is 19.6. The van der Waals surface area contributed by atoms with Crippen molar-refractivity contribution >= 4 is 23.3 Å². The van der Waals surface area contributed by atoms with Crippen LogP contribution in [0.25, 0.3) is 0 Å². The molecule has 0 spiro atoms. The van der Waals surface area contributed by atoms with Gasteiger partial charge in [-0.3, -0.25) is 4.79 Å². The normalized spacial score (nSPS) is 18.2. The molecule has 0 bridgehead atoms. The summed E-state index contributed by atoms with van der Waals surface area (Å²) in [6.07, 6.45) is 8.47. The van der Waals surface area contributed by atoms with Crippen LogP contribution >= 0.6 is 0 Å². The lowest BCUT2D eigenvalue weighted by Gasteiger charge is -2.41. The number of rotatable bonds is 13. The average Bonchev–Trinajstić information content (AvgIpc) is 3.23. The summed E-state index contributed by atoms with van der Waals surface area (Å²) in [6.45, 7) is 15.3. The number of piperidine rings is 1. The lowest BCUT2D eigenvalue weighted by molar-refractivity contribution is -0.134. The second-order valence-corrected chi connectivity index (χ2v) is 13.1. The third-order valence-electron chi connectivity index (χ3n) is 8.45. The maximum atomic E-state index is 13.7. The highest BCUT2D eigenvalue weighted by Crippen LogP contribution is 2.27. The molecule has 2 atom stereocenters. The molecule has 2 aliphatic rings. The number of aliphatic hydroxyl groups excluding tert-OH is 1. The second-order valence-electron chi connectivity index (χ2n) is 13.1. The van der Waals surface area contributed by atoms with Crippen LogP contribution in [0.15, 0.2) is 24.3 Å². The van der Waals surface area contributed by atoms with Crippen LogP contribution in [0.5, 0.6) is 0 Å². The molecule has 2 saturated heterocycles. The van der Waals surface area contributed by atoms with Crippen molar-refractivity contribution in [2.45, 2.75) is 111 Å². The molecule has 2 aliphatic heterocycles. The van der Waals surface area contributed by atoms with Crippen LogP contribution in [0.1, 0.15) is 92.4 Å². The predicted molar refractivity (Wildman–Crippen MR) is 169 cm³/mol. The molecule has 3 N–H and O–H groups in total. The first-order valence-corrected chi connectivity index (χ1v) is 16.3. The summed E-state index contributed by atoms with van der Waals surface area (Å²) in [5.74, 6) is 1.01. The Kier molecular flexibility index (Phi) is 13.6. The van der Waals surface area contributed by atoms with Gasteiger partial charge in [-0.15, -0.1) is 0 Å². The van der Waals surface area contributed by atoms with E-state index in [4.69, 9.17) is 0 Å². The fourth-order valence-electron chi connectivity index (χ4n) is 5.94. The Bertz CT molecular complexity index is 904. The van der Waals surface area contributed by atoms with Gasteiger partial charge >= 0.3 is 6.03 Å². The fourth-order valence-corrected chi connectivity index (χ4v) is 5.94. The molecule has 232 valence electrons. The lowest BCUT2D eigenvalue weighted by atomic mass is 9.98.